The van der Waals surface area contributed by atoms with Crippen LogP contribution in [0.2, 0.25) is 0 Å². The maximum absolute atomic E-state index is 11.8. The predicted molar refractivity (Wildman–Crippen MR) is 161 cm³/mol. The first kappa shape index (κ1) is 24.8. The third kappa shape index (κ3) is 3.68. The zero-order valence-electron chi connectivity index (χ0n) is 22.2. The smallest absolute Gasteiger partial charge is 0.307 e. The first-order valence-electron chi connectivity index (χ1n) is 13.7. The first-order chi connectivity index (χ1) is 20.0. The molecule has 7 rings (SSSR count). The molecule has 0 fully saturated rings. The topological polar surface area (TPSA) is 74.6 Å². The highest BCUT2D eigenvalue weighted by molar-refractivity contribution is 6.00. The van der Waals surface area contributed by atoms with Crippen LogP contribution in [0.3, 0.4) is 0 Å². The Morgan fingerprint density at radius 3 is 1.24 bits per heavy atom. The van der Waals surface area contributed by atoms with Gasteiger partial charge in [0.25, 0.3) is 0 Å². The van der Waals surface area contributed by atoms with E-state index in [2.05, 4.69) is 72.8 Å². The van der Waals surface area contributed by atoms with Crippen molar-refractivity contribution < 1.29 is 19.8 Å². The monoisotopic (exact) mass is 534 g/mol. The second-order valence-corrected chi connectivity index (χ2v) is 10.6. The normalized spacial score (nSPS) is 13.2. The number of hydrogen-bond donors (Lipinski definition) is 2. The molecule has 0 saturated heterocycles. The van der Waals surface area contributed by atoms with Crippen molar-refractivity contribution in [3.05, 3.63) is 155 Å². The van der Waals surface area contributed by atoms with E-state index in [0.29, 0.717) is 0 Å². The summed E-state index contributed by atoms with van der Waals surface area (Å²) >= 11 is 0. The molecular formula is C37H26O4. The van der Waals surface area contributed by atoms with Crippen molar-refractivity contribution in [2.75, 3.05) is 0 Å². The minimum atomic E-state index is -0.866. The van der Waals surface area contributed by atoms with Gasteiger partial charge in [-0.15, -0.1) is 0 Å². The van der Waals surface area contributed by atoms with Crippen LogP contribution in [0.25, 0.3) is 32.7 Å². The Bertz CT molecular complexity index is 1870. The highest BCUT2D eigenvalue weighted by Crippen LogP contribution is 2.58. The molecule has 0 saturated carbocycles. The number of carboxylic acid groups (broad SMARTS) is 2. The van der Waals surface area contributed by atoms with Crippen LogP contribution in [0, 0.1) is 0 Å². The van der Waals surface area contributed by atoms with Gasteiger partial charge in [0.15, 0.2) is 0 Å². The van der Waals surface area contributed by atoms with Crippen LogP contribution in [0.5, 0.6) is 0 Å². The average Bonchev–Trinajstić information content (AvgIpc) is 3.27. The number of benzene rings is 6. The summed E-state index contributed by atoms with van der Waals surface area (Å²) in [6.07, 6.45) is -0.123. The molecule has 0 atom stereocenters. The van der Waals surface area contributed by atoms with Crippen molar-refractivity contribution >= 4 is 33.5 Å². The number of rotatable bonds is 6. The molecule has 0 heterocycles. The summed E-state index contributed by atoms with van der Waals surface area (Å²) in [6, 6.07) is 41.2. The Morgan fingerprint density at radius 2 is 0.805 bits per heavy atom. The first-order valence-corrected chi connectivity index (χ1v) is 13.7. The quantitative estimate of drug-likeness (QED) is 0.230. The molecule has 1 aliphatic rings. The minimum absolute atomic E-state index is 0.0617. The fourth-order valence-electron chi connectivity index (χ4n) is 7.00. The van der Waals surface area contributed by atoms with Crippen LogP contribution in [0.15, 0.2) is 121 Å². The molecule has 0 bridgehead atoms. The van der Waals surface area contributed by atoms with E-state index >= 15 is 0 Å². The summed E-state index contributed by atoms with van der Waals surface area (Å²) in [5, 5.41) is 23.2. The van der Waals surface area contributed by atoms with Gasteiger partial charge in [0.05, 0.1) is 18.3 Å². The lowest BCUT2D eigenvalue weighted by Crippen LogP contribution is -2.29. The predicted octanol–water partition coefficient (Wildman–Crippen LogP) is 7.61. The van der Waals surface area contributed by atoms with E-state index in [1.165, 1.54) is 0 Å². The molecule has 6 aromatic carbocycles. The van der Waals surface area contributed by atoms with Gasteiger partial charge in [0.2, 0.25) is 0 Å². The molecule has 41 heavy (non-hydrogen) atoms. The van der Waals surface area contributed by atoms with Crippen LogP contribution in [-0.2, 0) is 27.8 Å². The van der Waals surface area contributed by atoms with E-state index in [1.807, 2.05) is 48.5 Å². The average molecular weight is 535 g/mol. The highest BCUT2D eigenvalue weighted by Gasteiger charge is 2.47. The summed E-state index contributed by atoms with van der Waals surface area (Å²) in [5.41, 5.74) is 7.55. The molecule has 0 aliphatic heterocycles. The molecule has 0 amide bonds. The lowest BCUT2D eigenvalue weighted by atomic mass is 9.65. The second-order valence-electron chi connectivity index (χ2n) is 10.6. The molecule has 0 aromatic heterocycles. The largest absolute Gasteiger partial charge is 0.481 e. The minimum Gasteiger partial charge on any atom is -0.481 e. The Morgan fingerprint density at radius 1 is 0.439 bits per heavy atom. The highest BCUT2D eigenvalue weighted by atomic mass is 16.4. The Hall–Kier alpha value is -5.22. The van der Waals surface area contributed by atoms with Crippen molar-refractivity contribution in [2.24, 2.45) is 0 Å². The van der Waals surface area contributed by atoms with Crippen LogP contribution in [0.1, 0.15) is 33.4 Å². The van der Waals surface area contributed by atoms with E-state index in [9.17, 15) is 19.8 Å². The lowest BCUT2D eigenvalue weighted by molar-refractivity contribution is -0.137. The van der Waals surface area contributed by atoms with Crippen LogP contribution in [0.4, 0.5) is 0 Å². The molecule has 4 heteroatoms. The van der Waals surface area contributed by atoms with Crippen LogP contribution in [-0.4, -0.2) is 22.2 Å². The molecular weight excluding hydrogens is 508 g/mol. The van der Waals surface area contributed by atoms with Gasteiger partial charge >= 0.3 is 11.9 Å². The van der Waals surface area contributed by atoms with Crippen LogP contribution < -0.4 is 0 Å². The number of hydrogen-bond acceptors (Lipinski definition) is 2. The van der Waals surface area contributed by atoms with Crippen molar-refractivity contribution in [1.29, 1.82) is 0 Å². The van der Waals surface area contributed by atoms with Crippen molar-refractivity contribution in [2.45, 2.75) is 18.3 Å². The Kier molecular flexibility index (Phi) is 5.72. The fourth-order valence-corrected chi connectivity index (χ4v) is 7.00. The lowest BCUT2D eigenvalue weighted by Gasteiger charge is -2.36. The molecule has 6 aromatic rings. The standard InChI is InChI=1S/C37H26O4/c38-35(39)21-23-9-5-15-27-25(23)13-7-19-33(27)37(31-17-3-1-11-29(31)30-12-2-4-18-32(30)37)34-20-8-14-26-24(22-36(40)41)10-6-16-28(26)34/h1-20H,21-22H2,(H,38,39)(H,40,41). The van der Waals surface area contributed by atoms with E-state index in [1.54, 1.807) is 0 Å². The number of fused-ring (bicyclic) bond motifs is 5. The van der Waals surface area contributed by atoms with E-state index in [-0.39, 0.29) is 12.8 Å². The number of carbonyl (C=O) groups is 2. The van der Waals surface area contributed by atoms with Gasteiger partial charge in [-0.3, -0.25) is 9.59 Å². The zero-order valence-corrected chi connectivity index (χ0v) is 22.2. The molecule has 0 spiro atoms. The number of aliphatic carboxylic acids is 2. The summed E-state index contributed by atoms with van der Waals surface area (Å²) in [6.45, 7) is 0. The molecule has 0 radical (unpaired) electrons. The molecule has 1 aliphatic carbocycles. The van der Waals surface area contributed by atoms with E-state index < -0.39 is 17.4 Å². The van der Waals surface area contributed by atoms with Crippen LogP contribution >= 0.6 is 0 Å². The van der Waals surface area contributed by atoms with Crippen molar-refractivity contribution in [3.8, 4) is 11.1 Å². The van der Waals surface area contributed by atoms with Gasteiger partial charge < -0.3 is 10.2 Å². The zero-order chi connectivity index (χ0) is 28.1. The van der Waals surface area contributed by atoms with Gasteiger partial charge in [-0.25, -0.2) is 0 Å². The van der Waals surface area contributed by atoms with Crippen molar-refractivity contribution in [1.82, 2.24) is 0 Å². The molecule has 0 unspecified atom stereocenters. The molecule has 4 nitrogen and oxygen atoms in total. The second kappa shape index (κ2) is 9.46. The summed E-state index contributed by atoms with van der Waals surface area (Å²) in [7, 11) is 0. The van der Waals surface area contributed by atoms with Gasteiger partial charge in [-0.1, -0.05) is 121 Å². The Balaban J connectivity index is 1.67. The molecule has 198 valence electrons. The third-order valence-electron chi connectivity index (χ3n) is 8.47. The van der Waals surface area contributed by atoms with Crippen molar-refractivity contribution in [3.63, 3.8) is 0 Å². The van der Waals surface area contributed by atoms with Gasteiger partial charge in [0.1, 0.15) is 0 Å². The summed E-state index contributed by atoms with van der Waals surface area (Å²) in [4.78, 5) is 23.6. The van der Waals surface area contributed by atoms with E-state index in [0.717, 1.165) is 66.1 Å². The molecule has 2 N–H and O–H groups in total. The maximum atomic E-state index is 11.8. The van der Waals surface area contributed by atoms with Gasteiger partial charge in [-0.2, -0.15) is 0 Å². The van der Waals surface area contributed by atoms with Gasteiger partial charge in [-0.05, 0) is 66.1 Å². The number of carboxylic acids is 2. The summed E-state index contributed by atoms with van der Waals surface area (Å²) in [5.74, 6) is -1.73. The van der Waals surface area contributed by atoms with Gasteiger partial charge in [0, 0.05) is 0 Å². The van der Waals surface area contributed by atoms with E-state index in [4.69, 9.17) is 0 Å². The maximum Gasteiger partial charge on any atom is 0.307 e. The Labute approximate surface area is 237 Å². The fraction of sp³-hybridized carbons (Fsp3) is 0.0811. The SMILES string of the molecule is O=C(O)Cc1cccc2c(C3(c4cccc5c(CC(=O)O)cccc45)c4ccccc4-c4ccccc43)cccc12. The third-order valence-corrected chi connectivity index (χ3v) is 8.47. The summed E-state index contributed by atoms with van der Waals surface area (Å²) < 4.78 is 0.